The Labute approximate surface area is 116 Å². The van der Waals surface area contributed by atoms with Crippen molar-refractivity contribution in [3.05, 3.63) is 53.4 Å². The summed E-state index contributed by atoms with van der Waals surface area (Å²) >= 11 is 0. The minimum absolute atomic E-state index is 0.0426. The van der Waals surface area contributed by atoms with Crippen LogP contribution in [0.5, 0.6) is 0 Å². The highest BCUT2D eigenvalue weighted by atomic mass is 19.1. The quantitative estimate of drug-likeness (QED) is 0.843. The van der Waals surface area contributed by atoms with Crippen molar-refractivity contribution in [1.82, 2.24) is 4.57 Å². The van der Waals surface area contributed by atoms with Crippen LogP contribution < -0.4 is 0 Å². The van der Waals surface area contributed by atoms with Crippen molar-refractivity contribution in [2.45, 2.75) is 32.8 Å². The van der Waals surface area contributed by atoms with Gasteiger partial charge in [-0.1, -0.05) is 13.8 Å². The molecule has 1 unspecified atom stereocenters. The maximum absolute atomic E-state index is 14.0. The van der Waals surface area contributed by atoms with Gasteiger partial charge in [-0.15, -0.1) is 0 Å². The average Bonchev–Trinajstić information content (AvgIpc) is 2.71. The number of halogens is 2. The van der Waals surface area contributed by atoms with Crippen LogP contribution in [0.1, 0.15) is 37.6 Å². The van der Waals surface area contributed by atoms with Crippen LogP contribution in [0.3, 0.4) is 0 Å². The Bertz CT molecular complexity index is 660. The molecule has 0 radical (unpaired) electrons. The summed E-state index contributed by atoms with van der Waals surface area (Å²) in [6, 6.07) is 5.37. The summed E-state index contributed by atoms with van der Waals surface area (Å²) in [5.41, 5.74) is 2.02. The minimum atomic E-state index is -0.596. The van der Waals surface area contributed by atoms with E-state index >= 15 is 0 Å². The topological polar surface area (TPSA) is 25.2 Å². The molecule has 3 rings (SSSR count). The van der Waals surface area contributed by atoms with E-state index < -0.39 is 17.7 Å². The van der Waals surface area contributed by atoms with Gasteiger partial charge in [-0.05, 0) is 36.5 Å². The van der Waals surface area contributed by atoms with Crippen molar-refractivity contribution < 1.29 is 13.9 Å². The van der Waals surface area contributed by atoms with E-state index in [1.54, 1.807) is 10.8 Å². The van der Waals surface area contributed by atoms with Crippen LogP contribution in [0.15, 0.2) is 30.5 Å². The lowest BCUT2D eigenvalue weighted by Gasteiger charge is -2.34. The number of nitrogens with zero attached hydrogens (tertiary/aromatic N) is 1. The third-order valence-electron chi connectivity index (χ3n) is 3.95. The minimum Gasteiger partial charge on any atom is -0.388 e. The van der Waals surface area contributed by atoms with Crippen LogP contribution in [0.4, 0.5) is 8.78 Å². The summed E-state index contributed by atoms with van der Waals surface area (Å²) in [4.78, 5) is 0. The Balaban J connectivity index is 2.13. The number of rotatable bonds is 1. The summed E-state index contributed by atoms with van der Waals surface area (Å²) in [5.74, 6) is -1.19. The van der Waals surface area contributed by atoms with Crippen molar-refractivity contribution in [2.75, 3.05) is 0 Å². The van der Waals surface area contributed by atoms with Gasteiger partial charge in [0.25, 0.3) is 0 Å². The number of aliphatic hydroxyl groups is 1. The van der Waals surface area contributed by atoms with Crippen molar-refractivity contribution >= 4 is 0 Å². The predicted octanol–water partition coefficient (Wildman–Crippen LogP) is 3.76. The molecular formula is C16H17F2NO. The summed E-state index contributed by atoms with van der Waals surface area (Å²) in [5, 5.41) is 10.2. The average molecular weight is 277 g/mol. The van der Waals surface area contributed by atoms with Crippen molar-refractivity contribution in [2.24, 2.45) is 5.41 Å². The van der Waals surface area contributed by atoms with Crippen LogP contribution in [-0.4, -0.2) is 9.67 Å². The van der Waals surface area contributed by atoms with E-state index in [-0.39, 0.29) is 5.41 Å². The summed E-state index contributed by atoms with van der Waals surface area (Å²) in [7, 11) is 0. The highest BCUT2D eigenvalue weighted by Gasteiger charge is 2.33. The molecule has 1 aromatic carbocycles. The van der Waals surface area contributed by atoms with E-state index in [9.17, 15) is 13.9 Å². The SMILES string of the molecule is CC1(C)Cc2c(ccn2-c2ccc(F)cc2F)C(O)C1. The number of hydrogen-bond donors (Lipinski definition) is 1. The summed E-state index contributed by atoms with van der Waals surface area (Å²) in [6.45, 7) is 4.16. The third kappa shape index (κ3) is 2.14. The van der Waals surface area contributed by atoms with E-state index in [1.165, 1.54) is 12.1 Å². The molecule has 0 saturated heterocycles. The van der Waals surface area contributed by atoms with E-state index in [1.807, 2.05) is 6.07 Å². The summed E-state index contributed by atoms with van der Waals surface area (Å²) in [6.07, 6.45) is 2.66. The number of benzene rings is 1. The van der Waals surface area contributed by atoms with E-state index in [4.69, 9.17) is 0 Å². The lowest BCUT2D eigenvalue weighted by atomic mass is 9.75. The maximum Gasteiger partial charge on any atom is 0.150 e. The zero-order valence-electron chi connectivity index (χ0n) is 11.5. The van der Waals surface area contributed by atoms with E-state index in [0.717, 1.165) is 23.7 Å². The smallest absolute Gasteiger partial charge is 0.150 e. The third-order valence-corrected chi connectivity index (χ3v) is 3.95. The molecule has 4 heteroatoms. The molecule has 1 aliphatic carbocycles. The van der Waals surface area contributed by atoms with Gasteiger partial charge in [0.15, 0.2) is 0 Å². The van der Waals surface area contributed by atoms with Gasteiger partial charge >= 0.3 is 0 Å². The second-order valence-corrected chi connectivity index (χ2v) is 6.24. The zero-order chi connectivity index (χ0) is 14.5. The van der Waals surface area contributed by atoms with Gasteiger partial charge < -0.3 is 9.67 Å². The monoisotopic (exact) mass is 277 g/mol. The van der Waals surface area contributed by atoms with Gasteiger partial charge in [0.05, 0.1) is 11.8 Å². The molecule has 0 saturated carbocycles. The summed E-state index contributed by atoms with van der Waals surface area (Å²) < 4.78 is 28.7. The molecule has 1 aromatic heterocycles. The van der Waals surface area contributed by atoms with Gasteiger partial charge in [-0.3, -0.25) is 0 Å². The standard InChI is InChI=1S/C16H17F2NO/c1-16(2)8-14-11(15(20)9-16)5-6-19(14)13-4-3-10(17)7-12(13)18/h3-7,15,20H,8-9H2,1-2H3. The molecule has 20 heavy (non-hydrogen) atoms. The molecule has 106 valence electrons. The molecule has 0 fully saturated rings. The van der Waals surface area contributed by atoms with Gasteiger partial charge in [-0.2, -0.15) is 0 Å². The maximum atomic E-state index is 14.0. The van der Waals surface area contributed by atoms with Crippen molar-refractivity contribution in [3.63, 3.8) is 0 Å². The number of aromatic nitrogens is 1. The van der Waals surface area contributed by atoms with Crippen LogP contribution in [0.2, 0.25) is 0 Å². The van der Waals surface area contributed by atoms with Gasteiger partial charge in [0.2, 0.25) is 0 Å². The Morgan fingerprint density at radius 2 is 2.00 bits per heavy atom. The Hall–Kier alpha value is -1.68. The van der Waals surface area contributed by atoms with Gasteiger partial charge in [-0.25, -0.2) is 8.78 Å². The lowest BCUT2D eigenvalue weighted by molar-refractivity contribution is 0.0986. The number of hydrogen-bond acceptors (Lipinski definition) is 1. The molecule has 1 atom stereocenters. The zero-order valence-corrected chi connectivity index (χ0v) is 11.5. The first-order valence-electron chi connectivity index (χ1n) is 6.71. The lowest BCUT2D eigenvalue weighted by Crippen LogP contribution is -2.26. The largest absolute Gasteiger partial charge is 0.388 e. The molecule has 1 aliphatic rings. The molecule has 1 N–H and O–H groups in total. The first-order valence-corrected chi connectivity index (χ1v) is 6.71. The fraction of sp³-hybridized carbons (Fsp3) is 0.375. The predicted molar refractivity (Wildman–Crippen MR) is 72.7 cm³/mol. The van der Waals surface area contributed by atoms with E-state index in [0.29, 0.717) is 12.1 Å². The van der Waals surface area contributed by atoms with Crippen LogP contribution in [-0.2, 0) is 6.42 Å². The van der Waals surface area contributed by atoms with Crippen LogP contribution in [0, 0.1) is 17.0 Å². The molecular weight excluding hydrogens is 260 g/mol. The van der Waals surface area contributed by atoms with Gasteiger partial charge in [0.1, 0.15) is 11.6 Å². The van der Waals surface area contributed by atoms with E-state index in [2.05, 4.69) is 13.8 Å². The Morgan fingerprint density at radius 1 is 1.25 bits per heavy atom. The Kier molecular flexibility index (Phi) is 2.94. The van der Waals surface area contributed by atoms with Crippen molar-refractivity contribution in [1.29, 1.82) is 0 Å². The number of fused-ring (bicyclic) bond motifs is 1. The molecule has 2 aromatic rings. The van der Waals surface area contributed by atoms with Crippen LogP contribution >= 0.6 is 0 Å². The molecule has 1 heterocycles. The van der Waals surface area contributed by atoms with Crippen LogP contribution in [0.25, 0.3) is 5.69 Å². The molecule has 2 nitrogen and oxygen atoms in total. The van der Waals surface area contributed by atoms with Crippen molar-refractivity contribution in [3.8, 4) is 5.69 Å². The highest BCUT2D eigenvalue weighted by Crippen LogP contribution is 2.41. The molecule has 0 spiro atoms. The molecule has 0 bridgehead atoms. The highest BCUT2D eigenvalue weighted by molar-refractivity contribution is 5.41. The Morgan fingerprint density at radius 3 is 2.70 bits per heavy atom. The molecule has 0 amide bonds. The first-order chi connectivity index (χ1) is 9.37. The normalized spacial score (nSPS) is 20.8. The fourth-order valence-electron chi connectivity index (χ4n) is 3.03. The second kappa shape index (κ2) is 4.42. The fourth-order valence-corrected chi connectivity index (χ4v) is 3.03. The van der Waals surface area contributed by atoms with Gasteiger partial charge in [0, 0.05) is 23.5 Å². The second-order valence-electron chi connectivity index (χ2n) is 6.24. The number of aliphatic hydroxyl groups excluding tert-OH is 1. The molecule has 0 aliphatic heterocycles. The first kappa shape index (κ1) is 13.3.